The van der Waals surface area contributed by atoms with Crippen LogP contribution in [0.3, 0.4) is 0 Å². The van der Waals surface area contributed by atoms with Gasteiger partial charge in [-0.25, -0.2) is 0 Å². The molecule has 108 valence electrons. The van der Waals surface area contributed by atoms with E-state index in [0.29, 0.717) is 11.0 Å². The van der Waals surface area contributed by atoms with Gasteiger partial charge in [0.25, 0.3) is 0 Å². The first kappa shape index (κ1) is 13.6. The number of aromatic amines is 1. The quantitative estimate of drug-likeness (QED) is 0.441. The van der Waals surface area contributed by atoms with Crippen molar-refractivity contribution < 1.29 is 9.28 Å². The lowest BCUT2D eigenvalue weighted by molar-refractivity contribution is -0.861. The van der Waals surface area contributed by atoms with Crippen molar-refractivity contribution >= 4 is 33.3 Å². The summed E-state index contributed by atoms with van der Waals surface area (Å²) >= 11 is 0. The molecule has 0 radical (unpaired) electrons. The molecule has 4 nitrogen and oxygen atoms in total. The van der Waals surface area contributed by atoms with Gasteiger partial charge < -0.3 is 15.2 Å². The minimum atomic E-state index is 0.155. The van der Waals surface area contributed by atoms with Gasteiger partial charge in [-0.05, 0) is 36.4 Å². The van der Waals surface area contributed by atoms with Crippen LogP contribution in [0.4, 0.5) is 5.69 Å². The van der Waals surface area contributed by atoms with Crippen LogP contribution in [0, 0.1) is 0 Å². The third kappa shape index (κ3) is 2.62. The van der Waals surface area contributed by atoms with Crippen molar-refractivity contribution in [3.63, 3.8) is 0 Å². The molecule has 0 aliphatic carbocycles. The molecule has 0 saturated heterocycles. The number of carbonyl (C=O) groups excluding carboxylic acids is 1. The molecule has 0 amide bonds. The lowest BCUT2D eigenvalue weighted by Gasteiger charge is -2.22. The number of nitrogens with zero attached hydrogens (tertiary/aromatic N) is 1. The number of nitrogens with one attached hydrogen (secondary N) is 1. The minimum absolute atomic E-state index is 0.155. The Hall–Kier alpha value is -2.33. The molecule has 0 unspecified atom stereocenters. The Morgan fingerprint density at radius 3 is 2.33 bits per heavy atom. The molecular formula is C17H20N3O+. The van der Waals surface area contributed by atoms with E-state index >= 15 is 0 Å². The van der Waals surface area contributed by atoms with Crippen LogP contribution in [0.5, 0.6) is 0 Å². The van der Waals surface area contributed by atoms with Crippen molar-refractivity contribution in [2.24, 2.45) is 0 Å². The van der Waals surface area contributed by atoms with Crippen molar-refractivity contribution in [2.45, 2.75) is 0 Å². The Bertz CT molecular complexity index is 840. The topological polar surface area (TPSA) is 58.9 Å². The highest BCUT2D eigenvalue weighted by Crippen LogP contribution is 2.28. The summed E-state index contributed by atoms with van der Waals surface area (Å²) in [6.07, 6.45) is 0. The number of nitrogens with two attached hydrogens (primary N) is 1. The normalized spacial score (nSPS) is 12.1. The van der Waals surface area contributed by atoms with Gasteiger partial charge in [-0.3, -0.25) is 4.79 Å². The summed E-state index contributed by atoms with van der Waals surface area (Å²) in [6, 6.07) is 11.6. The summed E-state index contributed by atoms with van der Waals surface area (Å²) in [5, 5.41) is 2.11. The predicted octanol–water partition coefficient (Wildman–Crippen LogP) is 2.79. The Kier molecular flexibility index (Phi) is 2.99. The Balaban J connectivity index is 2.12. The summed E-state index contributed by atoms with van der Waals surface area (Å²) < 4.78 is 0.623. The maximum atomic E-state index is 12.4. The average molecular weight is 282 g/mol. The fraction of sp³-hybridized carbons (Fsp3) is 0.235. The number of benzene rings is 2. The van der Waals surface area contributed by atoms with Crippen molar-refractivity contribution in [3.05, 3.63) is 42.0 Å². The molecule has 0 aliphatic rings. The molecule has 0 atom stereocenters. The third-order valence-corrected chi connectivity index (χ3v) is 3.56. The number of ketones is 1. The van der Waals surface area contributed by atoms with Crippen LogP contribution < -0.4 is 5.73 Å². The number of likely N-dealkylation sites (N-methyl/N-ethyl adjacent to an activating group) is 1. The first-order valence-electron chi connectivity index (χ1n) is 6.98. The van der Waals surface area contributed by atoms with E-state index in [1.807, 2.05) is 57.5 Å². The third-order valence-electron chi connectivity index (χ3n) is 3.56. The van der Waals surface area contributed by atoms with E-state index < -0.39 is 0 Å². The van der Waals surface area contributed by atoms with Crippen LogP contribution in [0.2, 0.25) is 0 Å². The van der Waals surface area contributed by atoms with E-state index in [2.05, 4.69) is 4.98 Å². The van der Waals surface area contributed by atoms with Gasteiger partial charge in [0.15, 0.2) is 0 Å². The molecule has 0 spiro atoms. The lowest BCUT2D eigenvalue weighted by atomic mass is 10.1. The largest absolute Gasteiger partial charge is 0.399 e. The van der Waals surface area contributed by atoms with Gasteiger partial charge in [0.1, 0.15) is 6.54 Å². The van der Waals surface area contributed by atoms with E-state index in [4.69, 9.17) is 5.73 Å². The van der Waals surface area contributed by atoms with Crippen LogP contribution in [0.15, 0.2) is 36.4 Å². The highest BCUT2D eigenvalue weighted by atomic mass is 16.1. The number of aromatic nitrogens is 1. The number of Topliss-reactive ketones (excluding diaryl/α,β-unsaturated/α-hetero) is 1. The first-order valence-corrected chi connectivity index (χ1v) is 6.98. The van der Waals surface area contributed by atoms with Gasteiger partial charge in [-0.15, -0.1) is 0 Å². The number of H-pyrrole nitrogens is 1. The molecule has 2 aromatic carbocycles. The van der Waals surface area contributed by atoms with Gasteiger partial charge in [0.2, 0.25) is 5.78 Å². The van der Waals surface area contributed by atoms with E-state index in [1.165, 1.54) is 0 Å². The lowest BCUT2D eigenvalue weighted by Crippen LogP contribution is -2.39. The monoisotopic (exact) mass is 282 g/mol. The summed E-state index contributed by atoms with van der Waals surface area (Å²) in [6.45, 7) is 0.482. The SMILES string of the molecule is C[N+](C)(C)CC(=O)c1ccc2[nH]c3ccc(N)cc3c2c1. The van der Waals surface area contributed by atoms with Crippen LogP contribution in [-0.4, -0.2) is 42.9 Å². The molecule has 0 saturated carbocycles. The smallest absolute Gasteiger partial charge is 0.216 e. The van der Waals surface area contributed by atoms with Gasteiger partial charge in [-0.2, -0.15) is 0 Å². The summed E-state index contributed by atoms with van der Waals surface area (Å²) in [5.74, 6) is 0.155. The van der Waals surface area contributed by atoms with Crippen molar-refractivity contribution in [2.75, 3.05) is 33.4 Å². The van der Waals surface area contributed by atoms with Crippen LogP contribution in [-0.2, 0) is 0 Å². The van der Waals surface area contributed by atoms with Gasteiger partial charge in [0.05, 0.1) is 21.1 Å². The standard InChI is InChI=1S/C17H19N3O/c1-20(2,3)10-17(21)11-4-6-15-13(8-11)14-9-12(18)5-7-16(14)19-15/h4-9H,10,18H2,1-3H3/p+1. The number of nitrogen functional groups attached to an aromatic ring is 1. The fourth-order valence-electron chi connectivity index (χ4n) is 2.61. The summed E-state index contributed by atoms with van der Waals surface area (Å²) in [4.78, 5) is 15.7. The van der Waals surface area contributed by atoms with E-state index in [9.17, 15) is 4.79 Å². The molecule has 3 N–H and O–H groups in total. The number of hydrogen-bond donors (Lipinski definition) is 2. The first-order chi connectivity index (χ1) is 9.83. The zero-order valence-electron chi connectivity index (χ0n) is 12.6. The number of rotatable bonds is 3. The minimum Gasteiger partial charge on any atom is -0.399 e. The predicted molar refractivity (Wildman–Crippen MR) is 87.4 cm³/mol. The molecule has 1 aromatic heterocycles. The number of anilines is 1. The van der Waals surface area contributed by atoms with Gasteiger partial charge in [-0.1, -0.05) is 0 Å². The van der Waals surface area contributed by atoms with Gasteiger partial charge >= 0.3 is 0 Å². The second kappa shape index (κ2) is 4.60. The van der Waals surface area contributed by atoms with E-state index in [1.54, 1.807) is 0 Å². The highest BCUT2D eigenvalue weighted by Gasteiger charge is 2.17. The molecule has 0 aliphatic heterocycles. The molecule has 0 bridgehead atoms. The van der Waals surface area contributed by atoms with Crippen molar-refractivity contribution in [1.82, 2.24) is 4.98 Å². The van der Waals surface area contributed by atoms with Crippen LogP contribution in [0.1, 0.15) is 10.4 Å². The number of carbonyl (C=O) groups is 1. The maximum absolute atomic E-state index is 12.4. The second-order valence-corrected chi connectivity index (χ2v) is 6.56. The molecule has 1 heterocycles. The Morgan fingerprint density at radius 1 is 1.05 bits per heavy atom. The highest BCUT2D eigenvalue weighted by molar-refractivity contribution is 6.11. The number of fused-ring (bicyclic) bond motifs is 3. The van der Waals surface area contributed by atoms with Crippen molar-refractivity contribution in [1.29, 1.82) is 0 Å². The maximum Gasteiger partial charge on any atom is 0.216 e. The Labute approximate surface area is 123 Å². The molecular weight excluding hydrogens is 262 g/mol. The zero-order valence-corrected chi connectivity index (χ0v) is 12.6. The number of hydrogen-bond acceptors (Lipinski definition) is 2. The fourth-order valence-corrected chi connectivity index (χ4v) is 2.61. The van der Waals surface area contributed by atoms with Crippen LogP contribution in [0.25, 0.3) is 21.8 Å². The molecule has 3 aromatic rings. The molecule has 21 heavy (non-hydrogen) atoms. The number of quaternary nitrogens is 1. The molecule has 0 fully saturated rings. The molecule has 4 heteroatoms. The molecule has 3 rings (SSSR count). The summed E-state index contributed by atoms with van der Waals surface area (Å²) in [5.41, 5.74) is 9.41. The van der Waals surface area contributed by atoms with E-state index in [-0.39, 0.29) is 5.78 Å². The van der Waals surface area contributed by atoms with Crippen molar-refractivity contribution in [3.8, 4) is 0 Å². The van der Waals surface area contributed by atoms with Crippen LogP contribution >= 0.6 is 0 Å². The average Bonchev–Trinajstić information content (AvgIpc) is 2.74. The second-order valence-electron chi connectivity index (χ2n) is 6.56. The Morgan fingerprint density at radius 2 is 1.67 bits per heavy atom. The zero-order chi connectivity index (χ0) is 15.2. The van der Waals surface area contributed by atoms with E-state index in [0.717, 1.165) is 33.1 Å². The van der Waals surface area contributed by atoms with Gasteiger partial charge in [0, 0.05) is 33.1 Å². The summed E-state index contributed by atoms with van der Waals surface area (Å²) in [7, 11) is 6.05.